The average molecular weight is 488 g/mol. The largest absolute Gasteiger partial charge is 0.381 e. The first-order chi connectivity index (χ1) is 14.7. The van der Waals surface area contributed by atoms with Crippen molar-refractivity contribution >= 4 is 36.0 Å². The van der Waals surface area contributed by atoms with Crippen LogP contribution in [0.2, 0.25) is 0 Å². The zero-order valence-electron chi connectivity index (χ0n) is 20.0. The average Bonchev–Trinajstić information content (AvgIpc) is 3.06. The lowest BCUT2D eigenvalue weighted by atomic mass is 9.86. The zero-order valence-corrected chi connectivity index (χ0v) is 20.8. The number of halogens is 1. The number of piperidine rings is 1. The van der Waals surface area contributed by atoms with E-state index in [0.29, 0.717) is 19.5 Å². The predicted molar refractivity (Wildman–Crippen MR) is 124 cm³/mol. The SMILES string of the molecule is CC(C)(C)[C@H](N)C(=O)N1C[C@H]2[C@@H]([C@H]1C(=O)N[C@@H](C[C@@H]1CCNC1=O)C(O)C(N)=O)C2(C)C.Cl. The molecule has 1 unspecified atom stereocenters. The van der Waals surface area contributed by atoms with E-state index in [4.69, 9.17) is 11.5 Å². The quantitative estimate of drug-likeness (QED) is 0.312. The second kappa shape index (κ2) is 9.38. The van der Waals surface area contributed by atoms with Gasteiger partial charge in [-0.2, -0.15) is 0 Å². The summed E-state index contributed by atoms with van der Waals surface area (Å²) in [5.74, 6) is -2.21. The number of carbonyl (C=O) groups excluding carboxylic acids is 4. The molecular weight excluding hydrogens is 450 g/mol. The van der Waals surface area contributed by atoms with Crippen LogP contribution in [0, 0.1) is 28.6 Å². The molecule has 0 aromatic heterocycles. The van der Waals surface area contributed by atoms with Gasteiger partial charge in [0.05, 0.1) is 12.1 Å². The monoisotopic (exact) mass is 487 g/mol. The van der Waals surface area contributed by atoms with E-state index < -0.39 is 47.4 Å². The number of amides is 4. The summed E-state index contributed by atoms with van der Waals surface area (Å²) in [6, 6.07) is -2.55. The Morgan fingerprint density at radius 2 is 1.91 bits per heavy atom. The molecule has 1 aliphatic carbocycles. The Morgan fingerprint density at radius 3 is 2.39 bits per heavy atom. The predicted octanol–water partition coefficient (Wildman–Crippen LogP) is -0.878. The number of carbonyl (C=O) groups is 4. The summed E-state index contributed by atoms with van der Waals surface area (Å²) in [4.78, 5) is 51.9. The van der Waals surface area contributed by atoms with Gasteiger partial charge in [0.25, 0.3) is 0 Å². The number of nitrogens with zero attached hydrogens (tertiary/aromatic N) is 1. The van der Waals surface area contributed by atoms with E-state index in [9.17, 15) is 24.3 Å². The molecule has 188 valence electrons. The third-order valence-electron chi connectivity index (χ3n) is 7.66. The molecule has 0 aromatic rings. The summed E-state index contributed by atoms with van der Waals surface area (Å²) in [5.41, 5.74) is 10.9. The van der Waals surface area contributed by atoms with Crippen molar-refractivity contribution in [2.75, 3.05) is 13.1 Å². The number of aliphatic hydroxyl groups is 1. The lowest BCUT2D eigenvalue weighted by Gasteiger charge is -2.36. The highest BCUT2D eigenvalue weighted by Crippen LogP contribution is 2.65. The fourth-order valence-corrected chi connectivity index (χ4v) is 5.27. The van der Waals surface area contributed by atoms with Crippen LogP contribution < -0.4 is 22.1 Å². The maximum Gasteiger partial charge on any atom is 0.248 e. The van der Waals surface area contributed by atoms with Gasteiger partial charge < -0.3 is 32.1 Å². The molecule has 0 bridgehead atoms. The van der Waals surface area contributed by atoms with Crippen LogP contribution in [0.4, 0.5) is 0 Å². The topological polar surface area (TPSA) is 168 Å². The fraction of sp³-hybridized carbons (Fsp3) is 0.818. The van der Waals surface area contributed by atoms with Gasteiger partial charge in [0, 0.05) is 19.0 Å². The molecule has 3 fully saturated rings. The molecular formula is C22H38ClN5O5. The second-order valence-electron chi connectivity index (χ2n) is 11.2. The van der Waals surface area contributed by atoms with Crippen molar-refractivity contribution in [2.24, 2.45) is 40.1 Å². The minimum atomic E-state index is -1.64. The summed E-state index contributed by atoms with van der Waals surface area (Å²) < 4.78 is 0. The standard InChI is InChI=1S/C22H37N5O5.ClH/c1-21(2,3)16(23)20(32)27-9-11-13(22(11,4)5)14(27)19(31)26-12(15(28)17(24)29)8-10-6-7-25-18(10)30;/h10-16,28H,6-9,23H2,1-5H3,(H2,24,29)(H,25,30)(H,26,31);1H/t10-,11-,12-,13-,14-,15?,16+;/m0./s1. The Balaban J connectivity index is 0.00000385. The summed E-state index contributed by atoms with van der Waals surface area (Å²) in [6.07, 6.45) is -1.01. The molecule has 7 atom stereocenters. The molecule has 2 saturated heterocycles. The molecule has 10 nitrogen and oxygen atoms in total. The van der Waals surface area contributed by atoms with Crippen LogP contribution in [0.25, 0.3) is 0 Å². The van der Waals surface area contributed by atoms with E-state index >= 15 is 0 Å². The third-order valence-corrected chi connectivity index (χ3v) is 7.66. The van der Waals surface area contributed by atoms with Gasteiger partial charge in [-0.05, 0) is 35.5 Å². The molecule has 11 heteroatoms. The number of hydrogen-bond acceptors (Lipinski definition) is 6. The van der Waals surface area contributed by atoms with Crippen molar-refractivity contribution in [3.63, 3.8) is 0 Å². The number of fused-ring (bicyclic) bond motifs is 1. The van der Waals surface area contributed by atoms with Gasteiger partial charge in [-0.25, -0.2) is 0 Å². The van der Waals surface area contributed by atoms with Crippen molar-refractivity contribution in [1.29, 1.82) is 0 Å². The van der Waals surface area contributed by atoms with Crippen LogP contribution >= 0.6 is 12.4 Å². The summed E-state index contributed by atoms with van der Waals surface area (Å²) in [5, 5.41) is 15.8. The van der Waals surface area contributed by atoms with Gasteiger partial charge in [0.1, 0.15) is 6.04 Å². The highest BCUT2D eigenvalue weighted by atomic mass is 35.5. The van der Waals surface area contributed by atoms with Crippen molar-refractivity contribution in [3.8, 4) is 0 Å². The van der Waals surface area contributed by atoms with E-state index in [0.717, 1.165) is 0 Å². The molecule has 2 heterocycles. The molecule has 7 N–H and O–H groups in total. The normalized spacial score (nSPS) is 30.4. The summed E-state index contributed by atoms with van der Waals surface area (Å²) in [7, 11) is 0. The van der Waals surface area contributed by atoms with E-state index in [2.05, 4.69) is 24.5 Å². The van der Waals surface area contributed by atoms with Gasteiger partial charge in [-0.15, -0.1) is 12.4 Å². The number of likely N-dealkylation sites (tertiary alicyclic amines) is 1. The van der Waals surface area contributed by atoms with Crippen LogP contribution in [-0.4, -0.2) is 71.0 Å². The smallest absolute Gasteiger partial charge is 0.248 e. The van der Waals surface area contributed by atoms with Gasteiger partial charge in [-0.1, -0.05) is 34.6 Å². The van der Waals surface area contributed by atoms with Crippen LogP contribution in [0.3, 0.4) is 0 Å². The molecule has 1 saturated carbocycles. The zero-order chi connectivity index (χ0) is 24.2. The Labute approximate surface area is 201 Å². The lowest BCUT2D eigenvalue weighted by molar-refractivity contribution is -0.144. The highest BCUT2D eigenvalue weighted by Gasteiger charge is 2.69. The number of nitrogens with two attached hydrogens (primary N) is 2. The first-order valence-electron chi connectivity index (χ1n) is 11.3. The lowest BCUT2D eigenvalue weighted by Crippen LogP contribution is -2.59. The van der Waals surface area contributed by atoms with Crippen molar-refractivity contribution in [1.82, 2.24) is 15.5 Å². The Hall–Kier alpha value is -1.91. The van der Waals surface area contributed by atoms with Gasteiger partial charge in [0.2, 0.25) is 23.6 Å². The third kappa shape index (κ3) is 5.12. The number of nitrogens with one attached hydrogen (secondary N) is 2. The molecule has 3 rings (SSSR count). The fourth-order valence-electron chi connectivity index (χ4n) is 5.27. The van der Waals surface area contributed by atoms with Gasteiger partial charge in [0.15, 0.2) is 6.10 Å². The molecule has 0 aromatic carbocycles. The Bertz CT molecular complexity index is 813. The van der Waals surface area contributed by atoms with E-state index in [1.165, 1.54) is 0 Å². The number of primary amides is 1. The number of aliphatic hydroxyl groups excluding tert-OH is 1. The van der Waals surface area contributed by atoms with E-state index in [1.807, 2.05) is 20.8 Å². The van der Waals surface area contributed by atoms with Gasteiger partial charge in [-0.3, -0.25) is 19.2 Å². The molecule has 3 aliphatic rings. The first-order valence-corrected chi connectivity index (χ1v) is 11.3. The molecule has 0 radical (unpaired) electrons. The highest BCUT2D eigenvalue weighted by molar-refractivity contribution is 5.92. The maximum absolute atomic E-state index is 13.4. The van der Waals surface area contributed by atoms with E-state index in [1.54, 1.807) is 4.90 Å². The summed E-state index contributed by atoms with van der Waals surface area (Å²) >= 11 is 0. The van der Waals surface area contributed by atoms with E-state index in [-0.39, 0.29) is 47.9 Å². The molecule has 4 amide bonds. The molecule has 0 spiro atoms. The van der Waals surface area contributed by atoms with Crippen molar-refractivity contribution in [3.05, 3.63) is 0 Å². The summed E-state index contributed by atoms with van der Waals surface area (Å²) in [6.45, 7) is 10.7. The second-order valence-corrected chi connectivity index (χ2v) is 11.2. The minimum absolute atomic E-state index is 0. The van der Waals surface area contributed by atoms with Crippen LogP contribution in [0.15, 0.2) is 0 Å². The van der Waals surface area contributed by atoms with Crippen molar-refractivity contribution < 1.29 is 24.3 Å². The van der Waals surface area contributed by atoms with Gasteiger partial charge >= 0.3 is 0 Å². The van der Waals surface area contributed by atoms with Crippen LogP contribution in [0.5, 0.6) is 0 Å². The molecule has 2 aliphatic heterocycles. The van der Waals surface area contributed by atoms with Crippen LogP contribution in [-0.2, 0) is 19.2 Å². The maximum atomic E-state index is 13.4. The molecule has 33 heavy (non-hydrogen) atoms. The minimum Gasteiger partial charge on any atom is -0.381 e. The Morgan fingerprint density at radius 1 is 1.30 bits per heavy atom. The number of rotatable bonds is 7. The van der Waals surface area contributed by atoms with Crippen molar-refractivity contribution in [2.45, 2.75) is 71.7 Å². The Kier molecular flexibility index (Phi) is 7.77. The van der Waals surface area contributed by atoms with Crippen LogP contribution in [0.1, 0.15) is 47.5 Å². The first kappa shape index (κ1) is 27.3. The number of hydrogen-bond donors (Lipinski definition) is 5.